The fourth-order valence-corrected chi connectivity index (χ4v) is 2.60. The maximum absolute atomic E-state index is 9.82. The first kappa shape index (κ1) is 11.7. The van der Waals surface area contributed by atoms with Crippen molar-refractivity contribution >= 4 is 5.82 Å². The minimum atomic E-state index is -0.679. The molecular formula is C11H14N6O3. The zero-order valence-electron chi connectivity index (χ0n) is 10.5. The quantitative estimate of drug-likeness (QED) is 0.573. The number of aliphatic hydroxyl groups is 2. The highest BCUT2D eigenvalue weighted by Gasteiger charge is 2.36. The highest BCUT2D eigenvalue weighted by molar-refractivity contribution is 5.70. The highest BCUT2D eigenvalue weighted by Crippen LogP contribution is 2.35. The zero-order chi connectivity index (χ0) is 13.7. The maximum Gasteiger partial charge on any atom is 0.182 e. The lowest BCUT2D eigenvalue weighted by Gasteiger charge is -2.22. The van der Waals surface area contributed by atoms with Gasteiger partial charge in [0.2, 0.25) is 0 Å². The van der Waals surface area contributed by atoms with E-state index in [1.54, 1.807) is 28.0 Å². The molecular weight excluding hydrogens is 264 g/mol. The molecule has 0 unspecified atom stereocenters. The summed E-state index contributed by atoms with van der Waals surface area (Å²) < 4.78 is 9.14. The Morgan fingerprint density at radius 1 is 1.45 bits per heavy atom. The van der Waals surface area contributed by atoms with Gasteiger partial charge in [-0.25, -0.2) is 20.2 Å². The molecule has 0 aliphatic carbocycles. The molecule has 9 nitrogen and oxygen atoms in total. The highest BCUT2D eigenvalue weighted by atomic mass is 16.5. The van der Waals surface area contributed by atoms with Gasteiger partial charge in [-0.05, 0) is 0 Å². The van der Waals surface area contributed by atoms with Crippen LogP contribution in [-0.4, -0.2) is 48.2 Å². The van der Waals surface area contributed by atoms with Crippen molar-refractivity contribution < 1.29 is 14.9 Å². The average Bonchev–Trinajstić information content (AvgIpc) is 3.13. The van der Waals surface area contributed by atoms with Crippen LogP contribution in [0.15, 0.2) is 18.7 Å². The predicted molar refractivity (Wildman–Crippen MR) is 68.1 cm³/mol. The summed E-state index contributed by atoms with van der Waals surface area (Å²) >= 11 is 0. The second-order valence-corrected chi connectivity index (χ2v) is 4.82. The molecule has 0 radical (unpaired) electrons. The summed E-state index contributed by atoms with van der Waals surface area (Å²) in [4.78, 5) is 8.58. The van der Waals surface area contributed by atoms with Crippen molar-refractivity contribution in [3.8, 4) is 11.5 Å². The summed E-state index contributed by atoms with van der Waals surface area (Å²) in [6, 6.07) is 0. The molecule has 4 heterocycles. The van der Waals surface area contributed by atoms with E-state index < -0.39 is 12.2 Å². The molecule has 3 atom stereocenters. The Hall–Kier alpha value is -2.10. The molecule has 1 saturated heterocycles. The summed E-state index contributed by atoms with van der Waals surface area (Å²) in [6.45, 7) is -0.204. The molecule has 4 N–H and O–H groups in total. The van der Waals surface area contributed by atoms with Crippen molar-refractivity contribution in [2.45, 2.75) is 24.9 Å². The lowest BCUT2D eigenvalue weighted by molar-refractivity contribution is -0.0437. The van der Waals surface area contributed by atoms with Crippen LogP contribution in [0.3, 0.4) is 0 Å². The number of nitrogens with zero attached hydrogens (tertiary/aromatic N) is 4. The van der Waals surface area contributed by atoms with Gasteiger partial charge in [0.25, 0.3) is 0 Å². The number of hydrogen-bond donors (Lipinski definition) is 4. The molecule has 20 heavy (non-hydrogen) atoms. The summed E-state index contributed by atoms with van der Waals surface area (Å²) in [5.74, 6) is 1.43. The Morgan fingerprint density at radius 2 is 2.35 bits per heavy atom. The Balaban J connectivity index is 1.70. The second kappa shape index (κ2) is 4.20. The van der Waals surface area contributed by atoms with Crippen molar-refractivity contribution in [1.29, 1.82) is 0 Å². The van der Waals surface area contributed by atoms with Gasteiger partial charge >= 0.3 is 0 Å². The van der Waals surface area contributed by atoms with Gasteiger partial charge in [0.15, 0.2) is 17.3 Å². The number of fused-ring (bicyclic) bond motifs is 3. The third kappa shape index (κ3) is 1.54. The number of anilines is 1. The Labute approximate surface area is 113 Å². The van der Waals surface area contributed by atoms with Gasteiger partial charge in [-0.1, -0.05) is 0 Å². The molecule has 2 aromatic heterocycles. The molecule has 2 aliphatic heterocycles. The summed E-state index contributed by atoms with van der Waals surface area (Å²) in [5.41, 5.74) is 6.70. The van der Waals surface area contributed by atoms with Crippen molar-refractivity contribution in [3.05, 3.63) is 18.7 Å². The fourth-order valence-electron chi connectivity index (χ4n) is 2.60. The third-order valence-electron chi connectivity index (χ3n) is 3.64. The Kier molecular flexibility index (Phi) is 2.46. The van der Waals surface area contributed by atoms with Gasteiger partial charge in [0.05, 0.1) is 19.0 Å². The zero-order valence-corrected chi connectivity index (χ0v) is 10.5. The molecule has 0 saturated carbocycles. The minimum absolute atomic E-state index is 0.204. The first-order chi connectivity index (χ1) is 9.78. The topological polar surface area (TPSA) is 109 Å². The van der Waals surface area contributed by atoms with Gasteiger partial charge < -0.3 is 14.9 Å². The van der Waals surface area contributed by atoms with Gasteiger partial charge in [-0.2, -0.15) is 0 Å². The smallest absolute Gasteiger partial charge is 0.182 e. The van der Waals surface area contributed by atoms with E-state index in [-0.39, 0.29) is 12.8 Å². The number of ether oxygens (including phenoxy) is 1. The number of aromatic nitrogens is 4. The molecule has 2 aromatic rings. The van der Waals surface area contributed by atoms with Crippen molar-refractivity contribution in [2.75, 3.05) is 17.6 Å². The van der Waals surface area contributed by atoms with Crippen LogP contribution in [0.4, 0.5) is 5.82 Å². The monoisotopic (exact) mass is 278 g/mol. The fraction of sp³-hybridized carbons (Fsp3) is 0.455. The van der Waals surface area contributed by atoms with Gasteiger partial charge in [0.1, 0.15) is 12.3 Å². The summed E-state index contributed by atoms with van der Waals surface area (Å²) in [7, 11) is 0. The molecule has 9 heteroatoms. The number of hydrogen-bond acceptors (Lipinski definition) is 7. The van der Waals surface area contributed by atoms with E-state index >= 15 is 0 Å². The van der Waals surface area contributed by atoms with Crippen LogP contribution in [-0.2, 0) is 4.74 Å². The lowest BCUT2D eigenvalue weighted by atomic mass is 10.2. The number of aliphatic hydroxyl groups excluding tert-OH is 2. The lowest BCUT2D eigenvalue weighted by Crippen LogP contribution is -2.28. The largest absolute Gasteiger partial charge is 0.394 e. The number of rotatable bonds is 2. The van der Waals surface area contributed by atoms with Crippen molar-refractivity contribution in [2.24, 2.45) is 0 Å². The maximum atomic E-state index is 9.82. The van der Waals surface area contributed by atoms with E-state index in [1.807, 2.05) is 0 Å². The van der Waals surface area contributed by atoms with E-state index in [0.717, 1.165) is 5.82 Å². The normalized spacial score (nSPS) is 27.6. The van der Waals surface area contributed by atoms with Crippen LogP contribution in [0.5, 0.6) is 0 Å². The molecule has 0 spiro atoms. The molecule has 0 amide bonds. The minimum Gasteiger partial charge on any atom is -0.394 e. The summed E-state index contributed by atoms with van der Waals surface area (Å²) in [5, 5.41) is 19.0. The van der Waals surface area contributed by atoms with Gasteiger partial charge in [0, 0.05) is 18.8 Å². The van der Waals surface area contributed by atoms with E-state index in [2.05, 4.69) is 20.9 Å². The predicted octanol–water partition coefficient (Wildman–Crippen LogP) is -0.729. The first-order valence-electron chi connectivity index (χ1n) is 6.35. The van der Waals surface area contributed by atoms with Crippen LogP contribution >= 0.6 is 0 Å². The van der Waals surface area contributed by atoms with E-state index in [4.69, 9.17) is 9.84 Å². The van der Waals surface area contributed by atoms with Crippen LogP contribution in [0, 0.1) is 0 Å². The third-order valence-corrected chi connectivity index (χ3v) is 3.64. The van der Waals surface area contributed by atoms with Crippen LogP contribution in [0.2, 0.25) is 0 Å². The molecule has 0 aromatic carbocycles. The standard InChI is InChI=1S/C11H14N6O3/c18-4-7-6(19)3-8(20-7)16-5-13-9-10-12-1-2-17(10)15-14-11(9)16/h1-2,5-8,14-15,18-19H,3-4H2/t6-,7+,8+/m0/s1. The number of hydrazine groups is 1. The van der Waals surface area contributed by atoms with Crippen molar-refractivity contribution in [1.82, 2.24) is 19.2 Å². The Bertz CT molecular complexity index is 638. The molecule has 0 bridgehead atoms. The van der Waals surface area contributed by atoms with Gasteiger partial charge in [-0.3, -0.25) is 9.99 Å². The first-order valence-corrected chi connectivity index (χ1v) is 6.35. The van der Waals surface area contributed by atoms with E-state index in [0.29, 0.717) is 17.9 Å². The van der Waals surface area contributed by atoms with Crippen molar-refractivity contribution in [3.63, 3.8) is 0 Å². The van der Waals surface area contributed by atoms with Crippen LogP contribution in [0.25, 0.3) is 11.5 Å². The Morgan fingerprint density at radius 3 is 3.15 bits per heavy atom. The summed E-state index contributed by atoms with van der Waals surface area (Å²) in [6.07, 6.45) is 3.90. The second-order valence-electron chi connectivity index (χ2n) is 4.82. The molecule has 4 rings (SSSR count). The number of nitrogens with one attached hydrogen (secondary N) is 2. The molecule has 106 valence electrons. The van der Waals surface area contributed by atoms with Crippen LogP contribution < -0.4 is 11.0 Å². The van der Waals surface area contributed by atoms with E-state index in [9.17, 15) is 5.11 Å². The number of imidazole rings is 2. The molecule has 1 fully saturated rings. The SMILES string of the molecule is OC[C@H]1O[C@@H](n2cnc3c2NNn2ccnc2-3)C[C@@H]1O. The van der Waals surface area contributed by atoms with Crippen LogP contribution in [0.1, 0.15) is 12.6 Å². The van der Waals surface area contributed by atoms with Gasteiger partial charge in [-0.15, -0.1) is 0 Å². The molecule has 2 aliphatic rings. The average molecular weight is 278 g/mol. The van der Waals surface area contributed by atoms with E-state index in [1.165, 1.54) is 0 Å².